The van der Waals surface area contributed by atoms with E-state index in [1.807, 2.05) is 6.20 Å². The Kier molecular flexibility index (Phi) is 5.14. The van der Waals surface area contributed by atoms with Gasteiger partial charge < -0.3 is 19.7 Å². The second kappa shape index (κ2) is 7.02. The van der Waals surface area contributed by atoms with Gasteiger partial charge in [0.2, 0.25) is 0 Å². The van der Waals surface area contributed by atoms with Crippen molar-refractivity contribution in [1.82, 2.24) is 19.9 Å². The monoisotopic (exact) mass is 346 g/mol. The number of hydrogen-bond acceptors (Lipinski definition) is 5. The van der Waals surface area contributed by atoms with Crippen molar-refractivity contribution in [2.45, 2.75) is 63.6 Å². The fraction of sp³-hybridized carbons (Fsp3) is 0.684. The SMILES string of the molecule is CO[C@@H]1CCC[C@H](c2cnc3cc(C(C)(C)C)n(C)c3n2)N[C@H]1CO. The predicted molar refractivity (Wildman–Crippen MR) is 98.6 cm³/mol. The molecule has 3 heterocycles. The molecule has 0 amide bonds. The number of fused-ring (bicyclic) bond motifs is 1. The summed E-state index contributed by atoms with van der Waals surface area (Å²) in [6, 6.07) is 2.14. The van der Waals surface area contributed by atoms with E-state index < -0.39 is 0 Å². The van der Waals surface area contributed by atoms with Crippen molar-refractivity contribution in [3.8, 4) is 0 Å². The highest BCUT2D eigenvalue weighted by Gasteiger charge is 2.29. The van der Waals surface area contributed by atoms with Gasteiger partial charge >= 0.3 is 0 Å². The molecule has 138 valence electrons. The highest BCUT2D eigenvalue weighted by molar-refractivity contribution is 5.73. The molecule has 0 spiro atoms. The minimum atomic E-state index is -0.0754. The molecule has 0 bridgehead atoms. The lowest BCUT2D eigenvalue weighted by Gasteiger charge is -2.25. The molecule has 1 aliphatic heterocycles. The van der Waals surface area contributed by atoms with Crippen LogP contribution in [0, 0.1) is 0 Å². The Morgan fingerprint density at radius 1 is 1.36 bits per heavy atom. The van der Waals surface area contributed by atoms with E-state index in [9.17, 15) is 5.11 Å². The molecular formula is C19H30N4O2. The zero-order chi connectivity index (χ0) is 18.2. The highest BCUT2D eigenvalue weighted by atomic mass is 16.5. The Labute approximate surface area is 149 Å². The highest BCUT2D eigenvalue weighted by Crippen LogP contribution is 2.29. The number of aryl methyl sites for hydroxylation is 1. The molecule has 25 heavy (non-hydrogen) atoms. The fourth-order valence-corrected chi connectivity index (χ4v) is 3.84. The number of methoxy groups -OCH3 is 1. The molecule has 0 unspecified atom stereocenters. The van der Waals surface area contributed by atoms with Crippen LogP contribution >= 0.6 is 0 Å². The molecule has 0 aromatic carbocycles. The summed E-state index contributed by atoms with van der Waals surface area (Å²) in [7, 11) is 3.76. The molecule has 0 radical (unpaired) electrons. The molecule has 3 rings (SSSR count). The number of aromatic nitrogens is 3. The van der Waals surface area contributed by atoms with Crippen molar-refractivity contribution in [3.05, 3.63) is 23.7 Å². The Morgan fingerprint density at radius 2 is 2.12 bits per heavy atom. The van der Waals surface area contributed by atoms with Crippen molar-refractivity contribution < 1.29 is 9.84 Å². The first-order chi connectivity index (χ1) is 11.8. The Bertz CT molecular complexity index is 735. The van der Waals surface area contributed by atoms with Crippen molar-refractivity contribution in [3.63, 3.8) is 0 Å². The van der Waals surface area contributed by atoms with E-state index in [0.29, 0.717) is 0 Å². The van der Waals surface area contributed by atoms with Gasteiger partial charge in [-0.3, -0.25) is 4.98 Å². The van der Waals surface area contributed by atoms with Gasteiger partial charge in [-0.2, -0.15) is 0 Å². The Balaban J connectivity index is 1.94. The maximum Gasteiger partial charge on any atom is 0.158 e. The van der Waals surface area contributed by atoms with Crippen LogP contribution in [0.5, 0.6) is 0 Å². The van der Waals surface area contributed by atoms with Gasteiger partial charge in [-0.05, 0) is 25.3 Å². The second-order valence-corrected chi connectivity index (χ2v) is 8.06. The molecule has 6 heteroatoms. The zero-order valence-electron chi connectivity index (χ0n) is 15.9. The topological polar surface area (TPSA) is 72.2 Å². The van der Waals surface area contributed by atoms with Gasteiger partial charge in [0.25, 0.3) is 0 Å². The summed E-state index contributed by atoms with van der Waals surface area (Å²) in [5.74, 6) is 0. The molecule has 2 aromatic heterocycles. The number of ether oxygens (including phenoxy) is 1. The number of nitrogens with zero attached hydrogens (tertiary/aromatic N) is 3. The van der Waals surface area contributed by atoms with Crippen LogP contribution in [0.3, 0.4) is 0 Å². The van der Waals surface area contributed by atoms with Gasteiger partial charge in [0.05, 0.1) is 36.7 Å². The van der Waals surface area contributed by atoms with Gasteiger partial charge in [0.15, 0.2) is 5.65 Å². The van der Waals surface area contributed by atoms with Crippen LogP contribution < -0.4 is 5.32 Å². The van der Waals surface area contributed by atoms with Crippen LogP contribution in [0.25, 0.3) is 11.2 Å². The lowest BCUT2D eigenvalue weighted by molar-refractivity contribution is 0.0432. The third-order valence-electron chi connectivity index (χ3n) is 5.22. The summed E-state index contributed by atoms with van der Waals surface area (Å²) in [4.78, 5) is 9.56. The molecule has 2 N–H and O–H groups in total. The number of hydrogen-bond donors (Lipinski definition) is 2. The predicted octanol–water partition coefficient (Wildman–Crippen LogP) is 2.46. The number of aliphatic hydroxyl groups excluding tert-OH is 1. The quantitative estimate of drug-likeness (QED) is 0.893. The molecule has 1 aliphatic rings. The first-order valence-corrected chi connectivity index (χ1v) is 9.07. The normalized spacial score (nSPS) is 25.3. The average Bonchev–Trinajstić information content (AvgIpc) is 2.79. The van der Waals surface area contributed by atoms with Gasteiger partial charge in [-0.1, -0.05) is 20.8 Å². The van der Waals surface area contributed by atoms with E-state index in [1.165, 1.54) is 5.69 Å². The van der Waals surface area contributed by atoms with Gasteiger partial charge in [-0.25, -0.2) is 4.98 Å². The average molecular weight is 346 g/mol. The van der Waals surface area contributed by atoms with Crippen LogP contribution in [0.2, 0.25) is 0 Å². The van der Waals surface area contributed by atoms with E-state index >= 15 is 0 Å². The largest absolute Gasteiger partial charge is 0.395 e. The van der Waals surface area contributed by atoms with E-state index in [0.717, 1.165) is 36.1 Å². The molecular weight excluding hydrogens is 316 g/mol. The number of aliphatic hydroxyl groups is 1. The smallest absolute Gasteiger partial charge is 0.158 e. The number of rotatable bonds is 3. The van der Waals surface area contributed by atoms with E-state index in [1.54, 1.807) is 7.11 Å². The van der Waals surface area contributed by atoms with E-state index in [2.05, 4.69) is 48.8 Å². The molecule has 2 aromatic rings. The first-order valence-electron chi connectivity index (χ1n) is 9.07. The van der Waals surface area contributed by atoms with Gasteiger partial charge in [-0.15, -0.1) is 0 Å². The van der Waals surface area contributed by atoms with Crippen LogP contribution in [-0.2, 0) is 17.2 Å². The Morgan fingerprint density at radius 3 is 2.76 bits per heavy atom. The molecule has 0 saturated carbocycles. The van der Waals surface area contributed by atoms with Crippen LogP contribution in [0.15, 0.2) is 12.3 Å². The maximum absolute atomic E-state index is 9.71. The van der Waals surface area contributed by atoms with Gasteiger partial charge in [0, 0.05) is 25.3 Å². The van der Waals surface area contributed by atoms with Gasteiger partial charge in [0.1, 0.15) is 5.52 Å². The summed E-state index contributed by atoms with van der Waals surface area (Å²) < 4.78 is 7.67. The summed E-state index contributed by atoms with van der Waals surface area (Å²) >= 11 is 0. The van der Waals surface area contributed by atoms with Crippen molar-refractivity contribution in [2.24, 2.45) is 7.05 Å². The molecule has 1 fully saturated rings. The standard InChI is InChI=1S/C19H30N4O2/c1-19(2,3)17-9-13-18(23(17)4)22-14(10-20-13)12-7-6-8-16(25-5)15(11-24)21-12/h9-10,12,15-16,21,24H,6-8,11H2,1-5H3/t12-,15+,16-/m1/s1. The minimum absolute atomic E-state index is 0.0363. The lowest BCUT2D eigenvalue weighted by Crippen LogP contribution is -2.43. The van der Waals surface area contributed by atoms with Crippen LogP contribution in [-0.4, -0.2) is 45.5 Å². The third kappa shape index (κ3) is 3.57. The summed E-state index contributed by atoms with van der Waals surface area (Å²) in [6.45, 7) is 6.66. The van der Waals surface area contributed by atoms with Crippen molar-refractivity contribution in [2.75, 3.05) is 13.7 Å². The summed E-state index contributed by atoms with van der Waals surface area (Å²) in [6.07, 6.45) is 4.85. The maximum atomic E-state index is 9.71. The summed E-state index contributed by atoms with van der Waals surface area (Å²) in [5.41, 5.74) is 4.05. The van der Waals surface area contributed by atoms with Crippen molar-refractivity contribution in [1.29, 1.82) is 0 Å². The third-order valence-corrected chi connectivity index (χ3v) is 5.22. The minimum Gasteiger partial charge on any atom is -0.395 e. The summed E-state index contributed by atoms with van der Waals surface area (Å²) in [5, 5.41) is 13.2. The van der Waals surface area contributed by atoms with Crippen molar-refractivity contribution >= 4 is 11.2 Å². The molecule has 6 nitrogen and oxygen atoms in total. The molecule has 1 saturated heterocycles. The molecule has 3 atom stereocenters. The second-order valence-electron chi connectivity index (χ2n) is 8.06. The number of nitrogens with one attached hydrogen (secondary N) is 1. The van der Waals surface area contributed by atoms with E-state index in [4.69, 9.17) is 9.72 Å². The van der Waals surface area contributed by atoms with E-state index in [-0.39, 0.29) is 30.2 Å². The fourth-order valence-electron chi connectivity index (χ4n) is 3.84. The van der Waals surface area contributed by atoms with Crippen LogP contribution in [0.1, 0.15) is 57.5 Å². The van der Waals surface area contributed by atoms with Crippen LogP contribution in [0.4, 0.5) is 0 Å². The molecule has 0 aliphatic carbocycles. The Hall–Kier alpha value is -1.50. The lowest BCUT2D eigenvalue weighted by atomic mass is 9.92. The first kappa shape index (κ1) is 18.3. The zero-order valence-corrected chi connectivity index (χ0v) is 15.9.